The number of methoxy groups -OCH3 is 2. The predicted octanol–water partition coefficient (Wildman–Crippen LogP) is 1.31. The minimum absolute atomic E-state index is 0.742. The Kier molecular flexibility index (Phi) is 6.94. The molecule has 0 saturated carbocycles. The van der Waals surface area contributed by atoms with Crippen molar-refractivity contribution in [3.63, 3.8) is 0 Å². The molecule has 7 nitrogen and oxygen atoms in total. The zero-order chi connectivity index (χ0) is 17.2. The number of hydrogen-bond donors (Lipinski definition) is 2. The van der Waals surface area contributed by atoms with E-state index in [2.05, 4.69) is 20.6 Å². The van der Waals surface area contributed by atoms with Crippen LogP contribution in [-0.2, 0) is 13.0 Å². The Hall–Kier alpha value is -2.70. The van der Waals surface area contributed by atoms with E-state index in [1.165, 1.54) is 5.56 Å². The summed E-state index contributed by atoms with van der Waals surface area (Å²) in [7, 11) is 5.05. The van der Waals surface area contributed by atoms with Crippen LogP contribution in [0, 0.1) is 0 Å². The van der Waals surface area contributed by atoms with E-state index >= 15 is 0 Å². The van der Waals surface area contributed by atoms with Crippen molar-refractivity contribution in [1.29, 1.82) is 0 Å². The summed E-state index contributed by atoms with van der Waals surface area (Å²) in [5.74, 6) is 2.28. The normalized spacial score (nSPS) is 11.2. The van der Waals surface area contributed by atoms with Gasteiger partial charge in [0.1, 0.15) is 0 Å². The summed E-state index contributed by atoms with van der Waals surface area (Å²) in [4.78, 5) is 8.24. The number of benzene rings is 1. The highest BCUT2D eigenvalue weighted by atomic mass is 16.5. The molecule has 0 aliphatic carbocycles. The molecule has 0 fully saturated rings. The van der Waals surface area contributed by atoms with Gasteiger partial charge in [-0.3, -0.25) is 4.99 Å². The molecular formula is C17H25N5O2. The molecule has 0 aliphatic heterocycles. The largest absolute Gasteiger partial charge is 0.493 e. The third-order valence-electron chi connectivity index (χ3n) is 3.60. The van der Waals surface area contributed by atoms with Crippen LogP contribution in [0.3, 0.4) is 0 Å². The molecule has 0 spiro atoms. The molecule has 2 aromatic rings. The van der Waals surface area contributed by atoms with Gasteiger partial charge in [0.05, 0.1) is 20.5 Å². The third-order valence-corrected chi connectivity index (χ3v) is 3.60. The van der Waals surface area contributed by atoms with E-state index in [0.717, 1.165) is 43.5 Å². The minimum atomic E-state index is 0.742. The molecular weight excluding hydrogens is 306 g/mol. The maximum atomic E-state index is 5.33. The van der Waals surface area contributed by atoms with E-state index in [4.69, 9.17) is 9.47 Å². The Morgan fingerprint density at radius 3 is 2.62 bits per heavy atom. The standard InChI is InChI=1S/C17H25N5O2/c1-18-17(21-9-11-22-10-8-19-13-22)20-7-6-14-4-5-15(23-2)16(12-14)24-3/h4-5,8,10,12-13H,6-7,9,11H2,1-3H3,(H2,18,20,21). The summed E-state index contributed by atoms with van der Waals surface area (Å²) in [5, 5.41) is 6.59. The fourth-order valence-electron chi connectivity index (χ4n) is 2.30. The highest BCUT2D eigenvalue weighted by Crippen LogP contribution is 2.27. The number of guanidine groups is 1. The lowest BCUT2D eigenvalue weighted by molar-refractivity contribution is 0.354. The van der Waals surface area contributed by atoms with Gasteiger partial charge in [-0.05, 0) is 24.1 Å². The van der Waals surface area contributed by atoms with Gasteiger partial charge in [-0.1, -0.05) is 6.07 Å². The molecule has 0 aliphatic rings. The van der Waals surface area contributed by atoms with E-state index in [9.17, 15) is 0 Å². The number of aromatic nitrogens is 2. The van der Waals surface area contributed by atoms with Gasteiger partial charge in [0, 0.05) is 39.1 Å². The minimum Gasteiger partial charge on any atom is -0.493 e. The first-order valence-electron chi connectivity index (χ1n) is 7.88. The number of hydrogen-bond acceptors (Lipinski definition) is 4. The van der Waals surface area contributed by atoms with Gasteiger partial charge in [0.25, 0.3) is 0 Å². The topological polar surface area (TPSA) is 72.7 Å². The molecule has 1 aromatic heterocycles. The smallest absolute Gasteiger partial charge is 0.191 e. The molecule has 2 N–H and O–H groups in total. The van der Waals surface area contributed by atoms with Crippen molar-refractivity contribution in [1.82, 2.24) is 20.2 Å². The van der Waals surface area contributed by atoms with E-state index in [-0.39, 0.29) is 0 Å². The summed E-state index contributed by atoms with van der Waals surface area (Å²) in [6, 6.07) is 5.96. The highest BCUT2D eigenvalue weighted by Gasteiger charge is 2.05. The second kappa shape index (κ2) is 9.44. The molecule has 0 radical (unpaired) electrons. The average Bonchev–Trinajstić information content (AvgIpc) is 3.13. The predicted molar refractivity (Wildman–Crippen MR) is 94.8 cm³/mol. The number of imidazole rings is 1. The number of nitrogens with one attached hydrogen (secondary N) is 2. The molecule has 7 heteroatoms. The average molecular weight is 331 g/mol. The highest BCUT2D eigenvalue weighted by molar-refractivity contribution is 5.79. The Balaban J connectivity index is 1.75. The van der Waals surface area contributed by atoms with Crippen LogP contribution in [0.15, 0.2) is 41.9 Å². The monoisotopic (exact) mass is 331 g/mol. The van der Waals surface area contributed by atoms with Crippen molar-refractivity contribution in [3.8, 4) is 11.5 Å². The SMILES string of the molecule is CN=C(NCCc1ccc(OC)c(OC)c1)NCCn1ccnc1. The zero-order valence-corrected chi connectivity index (χ0v) is 14.5. The van der Waals surface area contributed by atoms with Gasteiger partial charge in [0.2, 0.25) is 0 Å². The van der Waals surface area contributed by atoms with Crippen molar-refractivity contribution in [2.24, 2.45) is 4.99 Å². The molecule has 0 bridgehead atoms. The van der Waals surface area contributed by atoms with Crippen LogP contribution < -0.4 is 20.1 Å². The van der Waals surface area contributed by atoms with Crippen molar-refractivity contribution < 1.29 is 9.47 Å². The van der Waals surface area contributed by atoms with Crippen LogP contribution in [0.2, 0.25) is 0 Å². The first-order valence-corrected chi connectivity index (χ1v) is 7.88. The van der Waals surface area contributed by atoms with E-state index in [0.29, 0.717) is 0 Å². The fourth-order valence-corrected chi connectivity index (χ4v) is 2.30. The van der Waals surface area contributed by atoms with Crippen molar-refractivity contribution in [2.75, 3.05) is 34.4 Å². The van der Waals surface area contributed by atoms with Gasteiger partial charge < -0.3 is 24.7 Å². The van der Waals surface area contributed by atoms with Crippen LogP contribution in [0.4, 0.5) is 0 Å². The Morgan fingerprint density at radius 1 is 1.17 bits per heavy atom. The van der Waals surface area contributed by atoms with Crippen molar-refractivity contribution in [3.05, 3.63) is 42.5 Å². The maximum Gasteiger partial charge on any atom is 0.191 e. The molecule has 24 heavy (non-hydrogen) atoms. The number of nitrogens with zero attached hydrogens (tertiary/aromatic N) is 3. The zero-order valence-electron chi connectivity index (χ0n) is 14.5. The van der Waals surface area contributed by atoms with Gasteiger partial charge >= 0.3 is 0 Å². The number of rotatable bonds is 8. The number of aliphatic imine (C=N–C) groups is 1. The number of ether oxygens (including phenoxy) is 2. The third kappa shape index (κ3) is 5.19. The molecule has 0 saturated heterocycles. The van der Waals surface area contributed by atoms with Crippen LogP contribution in [-0.4, -0.2) is 49.9 Å². The van der Waals surface area contributed by atoms with Crippen molar-refractivity contribution in [2.45, 2.75) is 13.0 Å². The van der Waals surface area contributed by atoms with Crippen LogP contribution in [0.1, 0.15) is 5.56 Å². The summed E-state index contributed by atoms with van der Waals surface area (Å²) < 4.78 is 12.6. The van der Waals surface area contributed by atoms with Crippen molar-refractivity contribution >= 4 is 5.96 Å². The summed E-state index contributed by atoms with van der Waals surface area (Å²) in [6.07, 6.45) is 6.38. The summed E-state index contributed by atoms with van der Waals surface area (Å²) in [6.45, 7) is 2.41. The molecule has 130 valence electrons. The molecule has 2 rings (SSSR count). The fraction of sp³-hybridized carbons (Fsp3) is 0.412. The van der Waals surface area contributed by atoms with E-state index in [1.807, 2.05) is 29.0 Å². The molecule has 0 atom stereocenters. The van der Waals surface area contributed by atoms with Gasteiger partial charge in [-0.2, -0.15) is 0 Å². The van der Waals surface area contributed by atoms with Crippen LogP contribution >= 0.6 is 0 Å². The molecule has 1 heterocycles. The molecule has 0 unspecified atom stereocenters. The Bertz CT molecular complexity index is 640. The summed E-state index contributed by atoms with van der Waals surface area (Å²) >= 11 is 0. The lowest BCUT2D eigenvalue weighted by atomic mass is 10.1. The van der Waals surface area contributed by atoms with E-state index in [1.54, 1.807) is 33.8 Å². The first-order chi connectivity index (χ1) is 11.8. The van der Waals surface area contributed by atoms with Gasteiger partial charge in [-0.25, -0.2) is 4.98 Å². The van der Waals surface area contributed by atoms with E-state index < -0.39 is 0 Å². The molecule has 0 amide bonds. The van der Waals surface area contributed by atoms with Crippen LogP contribution in [0.25, 0.3) is 0 Å². The lowest BCUT2D eigenvalue weighted by Crippen LogP contribution is -2.39. The van der Waals surface area contributed by atoms with Crippen LogP contribution in [0.5, 0.6) is 11.5 Å². The Morgan fingerprint density at radius 2 is 1.96 bits per heavy atom. The van der Waals surface area contributed by atoms with Gasteiger partial charge in [-0.15, -0.1) is 0 Å². The maximum absolute atomic E-state index is 5.33. The second-order valence-electron chi connectivity index (χ2n) is 5.17. The quantitative estimate of drug-likeness (QED) is 0.564. The Labute approximate surface area is 142 Å². The lowest BCUT2D eigenvalue weighted by Gasteiger charge is -2.13. The van der Waals surface area contributed by atoms with Gasteiger partial charge in [0.15, 0.2) is 17.5 Å². The second-order valence-corrected chi connectivity index (χ2v) is 5.17. The summed E-state index contributed by atoms with van der Waals surface area (Å²) in [5.41, 5.74) is 1.18. The molecule has 1 aromatic carbocycles. The first kappa shape index (κ1) is 17.7.